The third-order valence-electron chi connectivity index (χ3n) is 3.29. The van der Waals surface area contributed by atoms with E-state index < -0.39 is 0 Å². The van der Waals surface area contributed by atoms with E-state index in [1.54, 1.807) is 4.90 Å². The van der Waals surface area contributed by atoms with Crippen molar-refractivity contribution < 1.29 is 9.53 Å². The number of hydrogen-bond donors (Lipinski definition) is 1. The van der Waals surface area contributed by atoms with Gasteiger partial charge in [-0.05, 0) is 25.5 Å². The normalized spacial score (nSPS) is 19.6. The molecule has 1 aromatic rings. The number of likely N-dealkylation sites (tertiary alicyclic amines) is 1. The summed E-state index contributed by atoms with van der Waals surface area (Å²) in [6.45, 7) is 1.89. The van der Waals surface area contributed by atoms with Gasteiger partial charge in [-0.1, -0.05) is 30.3 Å². The Balaban J connectivity index is 1.81. The molecular formula is C14H20N2O2. The first kappa shape index (κ1) is 12.9. The molecule has 1 saturated heterocycles. The second-order valence-corrected chi connectivity index (χ2v) is 4.61. The Hall–Kier alpha value is -1.55. The smallest absolute Gasteiger partial charge is 0.410 e. The number of amides is 1. The molecule has 0 aromatic heterocycles. The predicted octanol–water partition coefficient (Wildman–Crippen LogP) is 2.01. The van der Waals surface area contributed by atoms with Crippen LogP contribution in [0, 0.1) is 0 Å². The van der Waals surface area contributed by atoms with Gasteiger partial charge in [0.2, 0.25) is 0 Å². The van der Waals surface area contributed by atoms with Gasteiger partial charge in [-0.3, -0.25) is 0 Å². The van der Waals surface area contributed by atoms with Gasteiger partial charge in [-0.25, -0.2) is 4.79 Å². The maximum atomic E-state index is 11.9. The van der Waals surface area contributed by atoms with Gasteiger partial charge in [0.1, 0.15) is 6.61 Å². The van der Waals surface area contributed by atoms with Crippen LogP contribution in [0.15, 0.2) is 30.3 Å². The largest absolute Gasteiger partial charge is 0.445 e. The molecule has 1 fully saturated rings. The van der Waals surface area contributed by atoms with Crippen molar-refractivity contribution >= 4 is 6.09 Å². The van der Waals surface area contributed by atoms with Gasteiger partial charge >= 0.3 is 6.09 Å². The van der Waals surface area contributed by atoms with E-state index in [1.165, 1.54) is 0 Å². The van der Waals surface area contributed by atoms with Gasteiger partial charge in [-0.2, -0.15) is 0 Å². The lowest BCUT2D eigenvalue weighted by atomic mass is 10.1. The zero-order valence-corrected chi connectivity index (χ0v) is 10.8. The number of rotatable bonds is 3. The van der Waals surface area contributed by atoms with E-state index in [-0.39, 0.29) is 6.09 Å². The third kappa shape index (κ3) is 3.47. The molecule has 0 saturated carbocycles. The van der Waals surface area contributed by atoms with Gasteiger partial charge in [0, 0.05) is 19.1 Å². The van der Waals surface area contributed by atoms with Crippen LogP contribution >= 0.6 is 0 Å². The van der Waals surface area contributed by atoms with E-state index in [4.69, 9.17) is 4.74 Å². The lowest BCUT2D eigenvalue weighted by Crippen LogP contribution is -2.47. The summed E-state index contributed by atoms with van der Waals surface area (Å²) in [5.41, 5.74) is 1.02. The van der Waals surface area contributed by atoms with E-state index in [0.717, 1.165) is 31.5 Å². The monoisotopic (exact) mass is 248 g/mol. The molecule has 18 heavy (non-hydrogen) atoms. The molecule has 0 radical (unpaired) electrons. The summed E-state index contributed by atoms with van der Waals surface area (Å²) in [5, 5.41) is 3.21. The van der Waals surface area contributed by atoms with Gasteiger partial charge in [0.05, 0.1) is 0 Å². The highest BCUT2D eigenvalue weighted by Gasteiger charge is 2.23. The summed E-state index contributed by atoms with van der Waals surface area (Å²) in [5.74, 6) is 0. The topological polar surface area (TPSA) is 41.6 Å². The number of nitrogens with zero attached hydrogens (tertiary/aromatic N) is 1. The van der Waals surface area contributed by atoms with Gasteiger partial charge in [0.25, 0.3) is 0 Å². The van der Waals surface area contributed by atoms with Crippen LogP contribution in [0.3, 0.4) is 0 Å². The highest BCUT2D eigenvalue weighted by atomic mass is 16.6. The second kappa shape index (κ2) is 6.40. The molecule has 1 N–H and O–H groups in total. The van der Waals surface area contributed by atoms with E-state index in [1.807, 2.05) is 37.4 Å². The summed E-state index contributed by atoms with van der Waals surface area (Å²) in [4.78, 5) is 13.7. The molecule has 1 unspecified atom stereocenters. The fourth-order valence-electron chi connectivity index (χ4n) is 2.19. The maximum absolute atomic E-state index is 11.9. The predicted molar refractivity (Wildman–Crippen MR) is 70.3 cm³/mol. The molecule has 1 aliphatic heterocycles. The molecule has 98 valence electrons. The van der Waals surface area contributed by atoms with E-state index in [0.29, 0.717) is 12.6 Å². The Kier molecular flexibility index (Phi) is 4.59. The Morgan fingerprint density at radius 1 is 1.44 bits per heavy atom. The van der Waals surface area contributed by atoms with Crippen molar-refractivity contribution in [1.82, 2.24) is 10.2 Å². The minimum Gasteiger partial charge on any atom is -0.445 e. The molecule has 4 heteroatoms. The zero-order chi connectivity index (χ0) is 12.8. The first-order valence-electron chi connectivity index (χ1n) is 6.42. The molecule has 2 rings (SSSR count). The van der Waals surface area contributed by atoms with Crippen molar-refractivity contribution in [2.45, 2.75) is 25.5 Å². The van der Waals surface area contributed by atoms with E-state index >= 15 is 0 Å². The van der Waals surface area contributed by atoms with Crippen molar-refractivity contribution in [3.8, 4) is 0 Å². The van der Waals surface area contributed by atoms with Crippen molar-refractivity contribution in [3.63, 3.8) is 0 Å². The average molecular weight is 248 g/mol. The van der Waals surface area contributed by atoms with Crippen LogP contribution in [0.5, 0.6) is 0 Å². The van der Waals surface area contributed by atoms with E-state index in [9.17, 15) is 4.79 Å². The molecule has 1 heterocycles. The van der Waals surface area contributed by atoms with Gasteiger partial charge < -0.3 is 15.0 Å². The van der Waals surface area contributed by atoms with Crippen LogP contribution in [0.2, 0.25) is 0 Å². The summed E-state index contributed by atoms with van der Waals surface area (Å²) < 4.78 is 5.32. The van der Waals surface area contributed by atoms with E-state index in [2.05, 4.69) is 5.32 Å². The van der Waals surface area contributed by atoms with Crippen molar-refractivity contribution in [2.75, 3.05) is 20.1 Å². The molecule has 0 spiro atoms. The molecule has 1 amide bonds. The number of carbonyl (C=O) groups excluding carboxylic acids is 1. The molecule has 1 atom stereocenters. The van der Waals surface area contributed by atoms with Crippen LogP contribution in [0.25, 0.3) is 0 Å². The Labute approximate surface area is 108 Å². The molecule has 0 aliphatic carbocycles. The van der Waals surface area contributed by atoms with Gasteiger partial charge in [0.15, 0.2) is 0 Å². The SMILES string of the molecule is CNC1CCCN(C(=O)OCc2ccccc2)C1. The number of hydrogen-bond acceptors (Lipinski definition) is 3. The Bertz CT molecular complexity index is 381. The average Bonchev–Trinajstić information content (AvgIpc) is 2.46. The Morgan fingerprint density at radius 2 is 2.22 bits per heavy atom. The fraction of sp³-hybridized carbons (Fsp3) is 0.500. The lowest BCUT2D eigenvalue weighted by Gasteiger charge is -2.31. The minimum absolute atomic E-state index is 0.209. The molecule has 1 aromatic carbocycles. The van der Waals surface area contributed by atoms with Gasteiger partial charge in [-0.15, -0.1) is 0 Å². The second-order valence-electron chi connectivity index (χ2n) is 4.61. The maximum Gasteiger partial charge on any atom is 0.410 e. The third-order valence-corrected chi connectivity index (χ3v) is 3.29. The molecule has 0 bridgehead atoms. The number of likely N-dealkylation sites (N-methyl/N-ethyl adjacent to an activating group) is 1. The Morgan fingerprint density at radius 3 is 2.94 bits per heavy atom. The summed E-state index contributed by atoms with van der Waals surface area (Å²) in [6.07, 6.45) is 1.95. The lowest BCUT2D eigenvalue weighted by molar-refractivity contribution is 0.0840. The van der Waals surface area contributed by atoms with Crippen LogP contribution in [0.1, 0.15) is 18.4 Å². The van der Waals surface area contributed by atoms with Crippen LogP contribution < -0.4 is 5.32 Å². The fourth-order valence-corrected chi connectivity index (χ4v) is 2.19. The molecule has 1 aliphatic rings. The molecular weight excluding hydrogens is 228 g/mol. The van der Waals surface area contributed by atoms with Crippen LogP contribution in [-0.4, -0.2) is 37.2 Å². The van der Waals surface area contributed by atoms with Crippen molar-refractivity contribution in [2.24, 2.45) is 0 Å². The summed E-state index contributed by atoms with van der Waals surface area (Å²) >= 11 is 0. The first-order chi connectivity index (χ1) is 8.79. The zero-order valence-electron chi connectivity index (χ0n) is 10.8. The van der Waals surface area contributed by atoms with Crippen molar-refractivity contribution in [3.05, 3.63) is 35.9 Å². The number of benzene rings is 1. The van der Waals surface area contributed by atoms with Crippen LogP contribution in [0.4, 0.5) is 4.79 Å². The highest BCUT2D eigenvalue weighted by molar-refractivity contribution is 5.67. The number of nitrogens with one attached hydrogen (secondary N) is 1. The van der Waals surface area contributed by atoms with Crippen LogP contribution in [-0.2, 0) is 11.3 Å². The quantitative estimate of drug-likeness (QED) is 0.889. The van der Waals surface area contributed by atoms with Crippen molar-refractivity contribution in [1.29, 1.82) is 0 Å². The number of piperidine rings is 1. The minimum atomic E-state index is -0.209. The number of ether oxygens (including phenoxy) is 1. The summed E-state index contributed by atoms with van der Waals surface area (Å²) in [6, 6.07) is 10.2. The first-order valence-corrected chi connectivity index (χ1v) is 6.42. The standard InChI is InChI=1S/C14H20N2O2/c1-15-13-8-5-9-16(10-13)14(17)18-11-12-6-3-2-4-7-12/h2-4,6-7,13,15H,5,8-11H2,1H3. The highest BCUT2D eigenvalue weighted by Crippen LogP contribution is 2.11. The summed E-state index contributed by atoms with van der Waals surface area (Å²) in [7, 11) is 1.93. The number of carbonyl (C=O) groups is 1. The molecule has 4 nitrogen and oxygen atoms in total.